The third-order valence-corrected chi connectivity index (χ3v) is 3.14. The van der Waals surface area contributed by atoms with Crippen molar-refractivity contribution in [3.05, 3.63) is 45.5 Å². The van der Waals surface area contributed by atoms with Crippen molar-refractivity contribution in [2.75, 3.05) is 6.61 Å². The second-order valence-corrected chi connectivity index (χ2v) is 4.14. The third kappa shape index (κ3) is 2.13. The Labute approximate surface area is 92.1 Å². The summed E-state index contributed by atoms with van der Waals surface area (Å²) in [7, 11) is 0. The van der Waals surface area contributed by atoms with E-state index in [1.807, 2.05) is 43.4 Å². The third-order valence-electron chi connectivity index (χ3n) is 2.03. The number of allylic oxidation sites excluding steroid dienone is 4. The molecule has 0 aliphatic heterocycles. The molecule has 1 aliphatic carbocycles. The molecule has 1 heterocycles. The van der Waals surface area contributed by atoms with Gasteiger partial charge in [-0.1, -0.05) is 31.2 Å². The Morgan fingerprint density at radius 2 is 2.07 bits per heavy atom. The fourth-order valence-corrected chi connectivity index (χ4v) is 2.25. The van der Waals surface area contributed by atoms with Gasteiger partial charge in [-0.15, -0.1) is 11.3 Å². The summed E-state index contributed by atoms with van der Waals surface area (Å²) in [6, 6.07) is 3.76. The number of rotatable bonds is 2. The Bertz CT molecular complexity index is 506. The molecule has 0 atom stereocenters. The van der Waals surface area contributed by atoms with E-state index >= 15 is 0 Å². The summed E-state index contributed by atoms with van der Waals surface area (Å²) < 4.78 is 6.69. The van der Waals surface area contributed by atoms with E-state index in [-0.39, 0.29) is 5.95 Å². The summed E-state index contributed by atoms with van der Waals surface area (Å²) in [6.07, 6.45) is 8.03. The van der Waals surface area contributed by atoms with Crippen LogP contribution in [0, 0.1) is 0 Å². The van der Waals surface area contributed by atoms with Crippen LogP contribution in [0.3, 0.4) is 0 Å². The van der Waals surface area contributed by atoms with Crippen LogP contribution in [0.4, 0.5) is 0 Å². The zero-order chi connectivity index (χ0) is 10.7. The van der Waals surface area contributed by atoms with Gasteiger partial charge >= 0.3 is 0 Å². The zero-order valence-corrected chi connectivity index (χ0v) is 9.21. The molecule has 0 spiro atoms. The van der Waals surface area contributed by atoms with Gasteiger partial charge in [0.1, 0.15) is 0 Å². The maximum absolute atomic E-state index is 11.4. The highest BCUT2D eigenvalue weighted by molar-refractivity contribution is 7.07. The molecule has 0 unspecified atom stereocenters. The van der Waals surface area contributed by atoms with Crippen molar-refractivity contribution < 1.29 is 9.84 Å². The number of hydrogen-bond acceptors (Lipinski definition) is 3. The average molecular weight is 219 g/mol. The molecule has 78 valence electrons. The van der Waals surface area contributed by atoms with Crippen LogP contribution in [0.2, 0.25) is 0 Å². The lowest BCUT2D eigenvalue weighted by Crippen LogP contribution is -2.15. The summed E-state index contributed by atoms with van der Waals surface area (Å²) in [4.78, 5) is 0. The van der Waals surface area contributed by atoms with E-state index in [1.165, 1.54) is 11.3 Å². The number of ether oxygens (including phenoxy) is 1. The summed E-state index contributed by atoms with van der Waals surface area (Å²) in [5, 5.41) is 11.4. The standard InChI is InChI=1S/C12H12O2S/c1-2-14-12(13)11-8-7-10(15-11)9-5-3-4-6-9/h3-8,13H,2H2,1H3/p-1. The van der Waals surface area contributed by atoms with E-state index in [2.05, 4.69) is 0 Å². The van der Waals surface area contributed by atoms with Crippen LogP contribution >= 0.6 is 11.3 Å². The van der Waals surface area contributed by atoms with E-state index in [4.69, 9.17) is 4.74 Å². The first-order valence-corrected chi connectivity index (χ1v) is 5.62. The largest absolute Gasteiger partial charge is 0.613 e. The smallest absolute Gasteiger partial charge is 0.0690 e. The highest BCUT2D eigenvalue weighted by atomic mass is 32.1. The Kier molecular flexibility index (Phi) is 2.92. The summed E-state index contributed by atoms with van der Waals surface area (Å²) >= 11 is 1.46. The van der Waals surface area contributed by atoms with E-state index in [0.29, 0.717) is 11.1 Å². The molecule has 0 saturated heterocycles. The lowest BCUT2D eigenvalue weighted by molar-refractivity contribution is -0.290. The second kappa shape index (κ2) is 4.36. The van der Waals surface area contributed by atoms with E-state index in [9.17, 15) is 5.11 Å². The maximum atomic E-state index is 11.4. The van der Waals surface area contributed by atoms with Gasteiger partial charge in [0.2, 0.25) is 0 Å². The molecule has 0 amide bonds. The van der Waals surface area contributed by atoms with Gasteiger partial charge in [-0.05, 0) is 24.3 Å². The van der Waals surface area contributed by atoms with Gasteiger partial charge in [0.15, 0.2) is 0 Å². The van der Waals surface area contributed by atoms with Crippen LogP contribution in [0.25, 0.3) is 11.5 Å². The quantitative estimate of drug-likeness (QED) is 0.725. The summed E-state index contributed by atoms with van der Waals surface area (Å²) in [6.45, 7) is 2.23. The van der Waals surface area contributed by atoms with Gasteiger partial charge < -0.3 is 9.84 Å². The minimum Gasteiger partial charge on any atom is -0.613 e. The second-order valence-electron chi connectivity index (χ2n) is 3.06. The lowest BCUT2D eigenvalue weighted by atomic mass is 10.3. The highest BCUT2D eigenvalue weighted by Gasteiger charge is 1.95. The Hall–Kier alpha value is -1.48. The monoisotopic (exact) mass is 219 g/mol. The molecule has 0 aromatic carbocycles. The number of hydrogen-bond donors (Lipinski definition) is 0. The first-order valence-electron chi connectivity index (χ1n) is 4.80. The van der Waals surface area contributed by atoms with Crippen LogP contribution in [0.1, 0.15) is 6.92 Å². The van der Waals surface area contributed by atoms with E-state index < -0.39 is 0 Å². The van der Waals surface area contributed by atoms with Crippen molar-refractivity contribution in [3.63, 3.8) is 0 Å². The Morgan fingerprint density at radius 3 is 2.73 bits per heavy atom. The normalized spacial score (nSPS) is 15.9. The molecule has 0 bridgehead atoms. The molecule has 1 aliphatic rings. The van der Waals surface area contributed by atoms with Crippen LogP contribution in [0.15, 0.2) is 36.4 Å². The van der Waals surface area contributed by atoms with Crippen LogP contribution in [0.5, 0.6) is 0 Å². The van der Waals surface area contributed by atoms with Crippen LogP contribution in [-0.2, 0) is 4.74 Å². The predicted octanol–water partition coefficient (Wildman–Crippen LogP) is 0.487. The first-order chi connectivity index (χ1) is 7.31. The Balaban J connectivity index is 2.49. The molecule has 2 nitrogen and oxygen atoms in total. The summed E-state index contributed by atoms with van der Waals surface area (Å²) in [5.74, 6) is -0.236. The minimum absolute atomic E-state index is 0.236. The van der Waals surface area contributed by atoms with Gasteiger partial charge in [0.05, 0.1) is 5.95 Å². The zero-order valence-electron chi connectivity index (χ0n) is 8.40. The molecule has 0 radical (unpaired) electrons. The van der Waals surface area contributed by atoms with Crippen molar-refractivity contribution in [2.24, 2.45) is 0 Å². The maximum Gasteiger partial charge on any atom is 0.0690 e. The highest BCUT2D eigenvalue weighted by Crippen LogP contribution is 2.06. The SMILES string of the molecule is CCOC([O-])=c1ccc(=C2C=CC=C2)s1. The fourth-order valence-electron chi connectivity index (χ4n) is 1.34. The predicted molar refractivity (Wildman–Crippen MR) is 60.3 cm³/mol. The molecule has 1 aromatic heterocycles. The van der Waals surface area contributed by atoms with E-state index in [0.717, 1.165) is 10.1 Å². The van der Waals surface area contributed by atoms with Crippen LogP contribution < -0.4 is 14.2 Å². The molecule has 2 rings (SSSR count). The number of thiophene rings is 1. The van der Waals surface area contributed by atoms with E-state index in [1.54, 1.807) is 0 Å². The molecule has 0 fully saturated rings. The molecule has 1 aromatic rings. The van der Waals surface area contributed by atoms with Crippen molar-refractivity contribution in [1.29, 1.82) is 0 Å². The van der Waals surface area contributed by atoms with Gasteiger partial charge in [0, 0.05) is 9.06 Å². The van der Waals surface area contributed by atoms with Crippen molar-refractivity contribution >= 4 is 22.9 Å². The van der Waals surface area contributed by atoms with Crippen LogP contribution in [-0.4, -0.2) is 6.61 Å². The van der Waals surface area contributed by atoms with Gasteiger partial charge in [0.25, 0.3) is 0 Å². The van der Waals surface area contributed by atoms with Crippen molar-refractivity contribution in [3.8, 4) is 0 Å². The summed E-state index contributed by atoms with van der Waals surface area (Å²) in [5.41, 5.74) is 1.15. The topological polar surface area (TPSA) is 32.3 Å². The first kappa shape index (κ1) is 10.1. The molecule has 0 saturated carbocycles. The Morgan fingerprint density at radius 1 is 1.33 bits per heavy atom. The van der Waals surface area contributed by atoms with Crippen molar-refractivity contribution in [1.82, 2.24) is 0 Å². The fraction of sp³-hybridized carbons (Fsp3) is 0.167. The lowest BCUT2D eigenvalue weighted by Gasteiger charge is -2.10. The van der Waals surface area contributed by atoms with Crippen molar-refractivity contribution in [2.45, 2.75) is 6.92 Å². The minimum atomic E-state index is -0.236. The molecule has 3 heteroatoms. The molecule has 15 heavy (non-hydrogen) atoms. The molecule has 0 N–H and O–H groups in total. The van der Waals surface area contributed by atoms with Gasteiger partial charge in [-0.2, -0.15) is 0 Å². The molecular formula is C12H11O2S-. The van der Waals surface area contributed by atoms with Gasteiger partial charge in [-0.3, -0.25) is 0 Å². The van der Waals surface area contributed by atoms with Gasteiger partial charge in [-0.25, -0.2) is 0 Å². The average Bonchev–Trinajstić information content (AvgIpc) is 2.89. The molecular weight excluding hydrogens is 208 g/mol.